The van der Waals surface area contributed by atoms with Gasteiger partial charge in [-0.25, -0.2) is 0 Å². The van der Waals surface area contributed by atoms with Gasteiger partial charge in [0.2, 0.25) is 0 Å². The summed E-state index contributed by atoms with van der Waals surface area (Å²) in [4.78, 5) is 10.4. The van der Waals surface area contributed by atoms with E-state index >= 15 is 0 Å². The summed E-state index contributed by atoms with van der Waals surface area (Å²) in [6, 6.07) is 3.90. The minimum atomic E-state index is -0.358. The fourth-order valence-corrected chi connectivity index (χ4v) is 2.15. The van der Waals surface area contributed by atoms with Gasteiger partial charge in [0.1, 0.15) is 0 Å². The molecule has 4 nitrogen and oxygen atoms in total. The highest BCUT2D eigenvalue weighted by atomic mass is 79.9. The van der Waals surface area contributed by atoms with E-state index in [0.29, 0.717) is 17.5 Å². The van der Waals surface area contributed by atoms with Gasteiger partial charge in [0, 0.05) is 27.8 Å². The molecule has 1 aromatic rings. The number of hydrogen-bond acceptors (Lipinski definition) is 3. The zero-order valence-electron chi connectivity index (χ0n) is 9.16. The molecule has 86 valence electrons. The third-order valence-corrected chi connectivity index (χ3v) is 3.59. The molecule has 0 aliphatic heterocycles. The van der Waals surface area contributed by atoms with Gasteiger partial charge in [0.15, 0.2) is 0 Å². The molecule has 2 unspecified atom stereocenters. The molecule has 1 aromatic carbocycles. The maximum Gasteiger partial charge on any atom is 0.273 e. The van der Waals surface area contributed by atoms with Crippen LogP contribution in [0.25, 0.3) is 0 Å². The molecule has 16 heavy (non-hydrogen) atoms. The fourth-order valence-electron chi connectivity index (χ4n) is 1.70. The largest absolute Gasteiger partial charge is 0.381 e. The van der Waals surface area contributed by atoms with Gasteiger partial charge in [-0.1, -0.05) is 6.92 Å². The van der Waals surface area contributed by atoms with E-state index in [1.54, 1.807) is 13.0 Å². The first-order valence-corrected chi connectivity index (χ1v) is 5.99. The van der Waals surface area contributed by atoms with Crippen LogP contribution < -0.4 is 5.32 Å². The summed E-state index contributed by atoms with van der Waals surface area (Å²) in [5.41, 5.74) is 1.78. The van der Waals surface area contributed by atoms with Crippen molar-refractivity contribution in [3.63, 3.8) is 0 Å². The summed E-state index contributed by atoms with van der Waals surface area (Å²) in [5, 5.41) is 14.1. The Labute approximate surface area is 102 Å². The normalized spacial score (nSPS) is 22.9. The van der Waals surface area contributed by atoms with Crippen LogP contribution in [0.2, 0.25) is 0 Å². The molecule has 5 heteroatoms. The predicted molar refractivity (Wildman–Crippen MR) is 66.7 cm³/mol. The molecule has 0 bridgehead atoms. The molecule has 1 N–H and O–H groups in total. The summed E-state index contributed by atoms with van der Waals surface area (Å²) in [7, 11) is 0. The van der Waals surface area contributed by atoms with Gasteiger partial charge in [-0.2, -0.15) is 0 Å². The van der Waals surface area contributed by atoms with Gasteiger partial charge in [-0.05, 0) is 41.3 Å². The van der Waals surface area contributed by atoms with Crippen molar-refractivity contribution < 1.29 is 4.92 Å². The number of nitrogens with one attached hydrogen (secondary N) is 1. The minimum absolute atomic E-state index is 0.154. The number of rotatable bonds is 3. The molecule has 1 aliphatic rings. The Bertz CT molecular complexity index is 448. The van der Waals surface area contributed by atoms with E-state index in [4.69, 9.17) is 0 Å². The van der Waals surface area contributed by atoms with E-state index in [9.17, 15) is 10.1 Å². The molecule has 0 amide bonds. The van der Waals surface area contributed by atoms with E-state index in [2.05, 4.69) is 28.2 Å². The number of aryl methyl sites for hydroxylation is 1. The molecule has 0 saturated heterocycles. The van der Waals surface area contributed by atoms with Crippen LogP contribution in [0.3, 0.4) is 0 Å². The van der Waals surface area contributed by atoms with Gasteiger partial charge in [-0.15, -0.1) is 0 Å². The first-order chi connectivity index (χ1) is 7.49. The third kappa shape index (κ3) is 2.19. The quantitative estimate of drug-likeness (QED) is 0.683. The molecule has 0 radical (unpaired) electrons. The van der Waals surface area contributed by atoms with E-state index in [1.165, 1.54) is 6.42 Å². The second-order valence-electron chi connectivity index (χ2n) is 4.34. The molecule has 2 atom stereocenters. The lowest BCUT2D eigenvalue weighted by atomic mass is 10.2. The number of hydrogen-bond donors (Lipinski definition) is 1. The molecule has 0 heterocycles. The number of anilines is 1. The van der Waals surface area contributed by atoms with Gasteiger partial charge >= 0.3 is 0 Å². The molecule has 0 spiro atoms. The van der Waals surface area contributed by atoms with Crippen molar-refractivity contribution in [1.82, 2.24) is 0 Å². The molecular weight excluding hydrogens is 272 g/mol. The molecule has 1 fully saturated rings. The van der Waals surface area contributed by atoms with Crippen LogP contribution in [0.15, 0.2) is 16.6 Å². The zero-order valence-corrected chi connectivity index (χ0v) is 10.7. The first kappa shape index (κ1) is 11.4. The lowest BCUT2D eigenvalue weighted by Gasteiger charge is -2.09. The Kier molecular flexibility index (Phi) is 2.88. The number of benzene rings is 1. The lowest BCUT2D eigenvalue weighted by molar-refractivity contribution is -0.385. The van der Waals surface area contributed by atoms with Crippen LogP contribution in [0.1, 0.15) is 18.9 Å². The summed E-state index contributed by atoms with van der Waals surface area (Å²) < 4.78 is 0.754. The van der Waals surface area contributed by atoms with E-state index in [1.807, 2.05) is 6.07 Å². The van der Waals surface area contributed by atoms with Crippen LogP contribution in [0.5, 0.6) is 0 Å². The van der Waals surface area contributed by atoms with Crippen LogP contribution in [0.4, 0.5) is 11.4 Å². The summed E-state index contributed by atoms with van der Waals surface area (Å²) in [6.07, 6.45) is 1.17. The van der Waals surface area contributed by atoms with E-state index < -0.39 is 0 Å². The summed E-state index contributed by atoms with van der Waals surface area (Å²) in [6.45, 7) is 3.94. The summed E-state index contributed by atoms with van der Waals surface area (Å²) in [5.74, 6) is 0.697. The lowest BCUT2D eigenvalue weighted by Crippen LogP contribution is -2.05. The minimum Gasteiger partial charge on any atom is -0.381 e. The Balaban J connectivity index is 2.26. The average Bonchev–Trinajstić information content (AvgIpc) is 2.87. The Morgan fingerprint density at radius 1 is 1.56 bits per heavy atom. The summed E-state index contributed by atoms with van der Waals surface area (Å²) >= 11 is 3.36. The van der Waals surface area contributed by atoms with E-state index in [-0.39, 0.29) is 10.6 Å². The monoisotopic (exact) mass is 284 g/mol. The van der Waals surface area contributed by atoms with Crippen molar-refractivity contribution in [2.75, 3.05) is 5.32 Å². The Morgan fingerprint density at radius 2 is 2.19 bits per heavy atom. The maximum absolute atomic E-state index is 10.7. The van der Waals surface area contributed by atoms with Crippen molar-refractivity contribution in [1.29, 1.82) is 0 Å². The maximum atomic E-state index is 10.7. The third-order valence-electron chi connectivity index (χ3n) is 2.93. The fraction of sp³-hybridized carbons (Fsp3) is 0.455. The van der Waals surface area contributed by atoms with Crippen LogP contribution in [0, 0.1) is 23.0 Å². The molecule has 1 aliphatic carbocycles. The number of nitrogens with zero attached hydrogens (tertiary/aromatic N) is 1. The second-order valence-corrected chi connectivity index (χ2v) is 5.19. The zero-order chi connectivity index (χ0) is 11.9. The van der Waals surface area contributed by atoms with Crippen molar-refractivity contribution in [3.05, 3.63) is 32.3 Å². The van der Waals surface area contributed by atoms with E-state index in [0.717, 1.165) is 10.2 Å². The van der Waals surface area contributed by atoms with Crippen molar-refractivity contribution in [3.8, 4) is 0 Å². The van der Waals surface area contributed by atoms with Gasteiger partial charge in [-0.3, -0.25) is 10.1 Å². The molecule has 2 rings (SSSR count). The topological polar surface area (TPSA) is 55.2 Å². The Morgan fingerprint density at radius 3 is 2.69 bits per heavy atom. The van der Waals surface area contributed by atoms with Gasteiger partial charge < -0.3 is 5.32 Å². The van der Waals surface area contributed by atoms with Crippen molar-refractivity contribution in [2.24, 2.45) is 5.92 Å². The SMILES string of the molecule is Cc1cc(NC2CC2C)c(Br)cc1[N+](=O)[O-]. The number of halogens is 1. The van der Waals surface area contributed by atoms with Crippen molar-refractivity contribution in [2.45, 2.75) is 26.3 Å². The second kappa shape index (κ2) is 4.05. The van der Waals surface area contributed by atoms with Crippen molar-refractivity contribution >= 4 is 27.3 Å². The molecule has 1 saturated carbocycles. The highest BCUT2D eigenvalue weighted by Crippen LogP contribution is 2.37. The number of nitro benzene ring substituents is 1. The smallest absolute Gasteiger partial charge is 0.273 e. The highest BCUT2D eigenvalue weighted by Gasteiger charge is 2.33. The highest BCUT2D eigenvalue weighted by molar-refractivity contribution is 9.10. The molecular formula is C11H13BrN2O2. The van der Waals surface area contributed by atoms with Gasteiger partial charge in [0.05, 0.1) is 4.92 Å². The molecule has 0 aromatic heterocycles. The first-order valence-electron chi connectivity index (χ1n) is 5.20. The number of nitro groups is 1. The average molecular weight is 285 g/mol. The standard InChI is InChI=1S/C11H13BrN2O2/c1-6-3-9(6)13-10-4-7(2)11(14(15)16)5-8(10)12/h4-6,9,13H,3H2,1-2H3. The van der Waals surface area contributed by atoms with Gasteiger partial charge in [0.25, 0.3) is 5.69 Å². The van der Waals surface area contributed by atoms with Crippen LogP contribution in [-0.2, 0) is 0 Å². The Hall–Kier alpha value is -1.10. The predicted octanol–water partition coefficient (Wildman–Crippen LogP) is 3.49. The van der Waals surface area contributed by atoms with Crippen LogP contribution >= 0.6 is 15.9 Å². The van der Waals surface area contributed by atoms with Crippen LogP contribution in [-0.4, -0.2) is 11.0 Å².